The van der Waals surface area contributed by atoms with Crippen LogP contribution in [0.5, 0.6) is 0 Å². The van der Waals surface area contributed by atoms with Crippen molar-refractivity contribution >= 4 is 0 Å². The summed E-state index contributed by atoms with van der Waals surface area (Å²) in [6.45, 7) is 2.22. The molecule has 1 aliphatic rings. The van der Waals surface area contributed by atoms with E-state index in [1.807, 2.05) is 12.1 Å². The standard InChI is InChI=1S/C14H20FN/c1-2-11-7-9-14(16,10-8-11)12-5-3-4-6-13(12)15/h3-6,11H,2,7-10,16H2,1H3. The topological polar surface area (TPSA) is 26.0 Å². The van der Waals surface area contributed by atoms with Crippen LogP contribution in [0.2, 0.25) is 0 Å². The predicted molar refractivity (Wildman–Crippen MR) is 64.5 cm³/mol. The normalized spacial score (nSPS) is 30.3. The third kappa shape index (κ3) is 2.12. The zero-order valence-corrected chi connectivity index (χ0v) is 9.88. The summed E-state index contributed by atoms with van der Waals surface area (Å²) in [5.41, 5.74) is 6.62. The maximum atomic E-state index is 13.7. The molecule has 2 rings (SSSR count). The third-order valence-electron chi connectivity index (χ3n) is 3.99. The van der Waals surface area contributed by atoms with E-state index in [0.717, 1.165) is 31.6 Å². The van der Waals surface area contributed by atoms with Crippen LogP contribution in [-0.4, -0.2) is 0 Å². The molecule has 0 aromatic heterocycles. The highest BCUT2D eigenvalue weighted by Gasteiger charge is 2.34. The average molecular weight is 221 g/mol. The summed E-state index contributed by atoms with van der Waals surface area (Å²) in [4.78, 5) is 0. The first-order valence-corrected chi connectivity index (χ1v) is 6.19. The van der Waals surface area contributed by atoms with E-state index >= 15 is 0 Å². The van der Waals surface area contributed by atoms with Gasteiger partial charge in [0, 0.05) is 11.1 Å². The number of hydrogen-bond donors (Lipinski definition) is 1. The SMILES string of the molecule is CCC1CCC(N)(c2ccccc2F)CC1. The molecule has 0 bridgehead atoms. The molecule has 0 aliphatic heterocycles. The van der Waals surface area contributed by atoms with Crippen LogP contribution in [-0.2, 0) is 5.54 Å². The minimum absolute atomic E-state index is 0.153. The monoisotopic (exact) mass is 221 g/mol. The fourth-order valence-electron chi connectivity index (χ4n) is 2.74. The second kappa shape index (κ2) is 4.54. The van der Waals surface area contributed by atoms with Crippen LogP contribution in [0.1, 0.15) is 44.6 Å². The lowest BCUT2D eigenvalue weighted by Crippen LogP contribution is -2.41. The second-order valence-corrected chi connectivity index (χ2v) is 4.99. The lowest BCUT2D eigenvalue weighted by Gasteiger charge is -2.37. The molecular formula is C14H20FN. The molecule has 2 N–H and O–H groups in total. The van der Waals surface area contributed by atoms with Crippen molar-refractivity contribution in [2.45, 2.75) is 44.6 Å². The van der Waals surface area contributed by atoms with Crippen molar-refractivity contribution in [1.29, 1.82) is 0 Å². The Morgan fingerprint density at radius 1 is 1.31 bits per heavy atom. The van der Waals surface area contributed by atoms with Crippen molar-refractivity contribution in [2.24, 2.45) is 11.7 Å². The molecule has 0 atom stereocenters. The fourth-order valence-corrected chi connectivity index (χ4v) is 2.74. The van der Waals surface area contributed by atoms with Crippen LogP contribution in [0.4, 0.5) is 4.39 Å². The van der Waals surface area contributed by atoms with E-state index in [0.29, 0.717) is 5.56 Å². The Hall–Kier alpha value is -0.890. The van der Waals surface area contributed by atoms with Crippen LogP contribution >= 0.6 is 0 Å². The van der Waals surface area contributed by atoms with Crippen molar-refractivity contribution in [3.63, 3.8) is 0 Å². The van der Waals surface area contributed by atoms with Gasteiger partial charge in [-0.15, -0.1) is 0 Å². The van der Waals surface area contributed by atoms with Gasteiger partial charge in [0.2, 0.25) is 0 Å². The van der Waals surface area contributed by atoms with E-state index in [-0.39, 0.29) is 5.82 Å². The summed E-state index contributed by atoms with van der Waals surface area (Å²) >= 11 is 0. The summed E-state index contributed by atoms with van der Waals surface area (Å²) in [6, 6.07) is 6.94. The quantitative estimate of drug-likeness (QED) is 0.811. The second-order valence-electron chi connectivity index (χ2n) is 4.99. The molecule has 16 heavy (non-hydrogen) atoms. The third-order valence-corrected chi connectivity index (χ3v) is 3.99. The lowest BCUT2D eigenvalue weighted by molar-refractivity contribution is 0.226. The van der Waals surface area contributed by atoms with E-state index in [2.05, 4.69) is 6.92 Å². The Balaban J connectivity index is 2.18. The summed E-state index contributed by atoms with van der Waals surface area (Å²) in [5.74, 6) is 0.628. The Bertz CT molecular complexity index is 354. The summed E-state index contributed by atoms with van der Waals surface area (Å²) < 4.78 is 13.7. The van der Waals surface area contributed by atoms with E-state index < -0.39 is 5.54 Å². The van der Waals surface area contributed by atoms with Crippen LogP contribution < -0.4 is 5.73 Å². The van der Waals surface area contributed by atoms with E-state index in [9.17, 15) is 4.39 Å². The number of benzene rings is 1. The van der Waals surface area contributed by atoms with Gasteiger partial charge in [0.25, 0.3) is 0 Å². The van der Waals surface area contributed by atoms with Gasteiger partial charge >= 0.3 is 0 Å². The number of hydrogen-bond acceptors (Lipinski definition) is 1. The first-order chi connectivity index (χ1) is 7.65. The maximum Gasteiger partial charge on any atom is 0.128 e. The highest BCUT2D eigenvalue weighted by molar-refractivity contribution is 5.26. The van der Waals surface area contributed by atoms with Gasteiger partial charge in [-0.25, -0.2) is 4.39 Å². The molecule has 0 spiro atoms. The van der Waals surface area contributed by atoms with Crippen LogP contribution in [0.15, 0.2) is 24.3 Å². The van der Waals surface area contributed by atoms with Gasteiger partial charge in [-0.05, 0) is 37.7 Å². The zero-order valence-electron chi connectivity index (χ0n) is 9.88. The van der Waals surface area contributed by atoms with Gasteiger partial charge < -0.3 is 5.73 Å². The predicted octanol–water partition coefficient (Wildman–Crippen LogP) is 3.58. The van der Waals surface area contributed by atoms with Crippen molar-refractivity contribution < 1.29 is 4.39 Å². The molecule has 0 saturated heterocycles. The number of halogens is 1. The molecule has 0 amide bonds. The Labute approximate surface area is 96.9 Å². The molecule has 0 heterocycles. The number of nitrogens with two attached hydrogens (primary N) is 1. The maximum absolute atomic E-state index is 13.7. The lowest BCUT2D eigenvalue weighted by atomic mass is 9.72. The van der Waals surface area contributed by atoms with Gasteiger partial charge in [0.05, 0.1) is 0 Å². The molecule has 1 fully saturated rings. The molecular weight excluding hydrogens is 201 g/mol. The van der Waals surface area contributed by atoms with E-state index in [4.69, 9.17) is 5.73 Å². The number of rotatable bonds is 2. The highest BCUT2D eigenvalue weighted by atomic mass is 19.1. The highest BCUT2D eigenvalue weighted by Crippen LogP contribution is 2.39. The first kappa shape index (κ1) is 11.6. The molecule has 0 radical (unpaired) electrons. The van der Waals surface area contributed by atoms with Gasteiger partial charge in [-0.2, -0.15) is 0 Å². The summed E-state index contributed by atoms with van der Waals surface area (Å²) in [7, 11) is 0. The van der Waals surface area contributed by atoms with Crippen LogP contribution in [0.25, 0.3) is 0 Å². The Kier molecular flexibility index (Phi) is 3.29. The van der Waals surface area contributed by atoms with Gasteiger partial charge in [0.15, 0.2) is 0 Å². The molecule has 2 heteroatoms. The van der Waals surface area contributed by atoms with Gasteiger partial charge in [-0.3, -0.25) is 0 Å². The van der Waals surface area contributed by atoms with E-state index in [1.54, 1.807) is 6.07 Å². The zero-order chi connectivity index (χ0) is 11.6. The minimum atomic E-state index is -0.434. The molecule has 1 saturated carbocycles. The smallest absolute Gasteiger partial charge is 0.128 e. The first-order valence-electron chi connectivity index (χ1n) is 6.19. The molecule has 1 aromatic rings. The molecule has 0 unspecified atom stereocenters. The average Bonchev–Trinajstić information content (AvgIpc) is 2.30. The summed E-state index contributed by atoms with van der Waals surface area (Å²) in [5, 5.41) is 0. The van der Waals surface area contributed by atoms with Crippen molar-refractivity contribution in [3.8, 4) is 0 Å². The summed E-state index contributed by atoms with van der Waals surface area (Å²) in [6.07, 6.45) is 5.29. The van der Waals surface area contributed by atoms with Crippen molar-refractivity contribution in [2.75, 3.05) is 0 Å². The molecule has 88 valence electrons. The largest absolute Gasteiger partial charge is 0.321 e. The van der Waals surface area contributed by atoms with Crippen LogP contribution in [0, 0.1) is 11.7 Å². The van der Waals surface area contributed by atoms with Gasteiger partial charge in [0.1, 0.15) is 5.82 Å². The van der Waals surface area contributed by atoms with E-state index in [1.165, 1.54) is 12.5 Å². The van der Waals surface area contributed by atoms with Crippen molar-refractivity contribution in [1.82, 2.24) is 0 Å². The van der Waals surface area contributed by atoms with Crippen molar-refractivity contribution in [3.05, 3.63) is 35.6 Å². The Morgan fingerprint density at radius 2 is 1.94 bits per heavy atom. The minimum Gasteiger partial charge on any atom is -0.321 e. The molecule has 1 aliphatic carbocycles. The van der Waals surface area contributed by atoms with Gasteiger partial charge in [-0.1, -0.05) is 31.5 Å². The molecule has 1 nitrogen and oxygen atoms in total. The Morgan fingerprint density at radius 3 is 2.50 bits per heavy atom. The van der Waals surface area contributed by atoms with Crippen LogP contribution in [0.3, 0.4) is 0 Å². The molecule has 1 aromatic carbocycles. The fraction of sp³-hybridized carbons (Fsp3) is 0.571.